The number of aliphatic hydroxyl groups is 2. The van der Waals surface area contributed by atoms with E-state index in [0.29, 0.717) is 5.56 Å². The zero-order valence-corrected chi connectivity index (χ0v) is 24.1. The van der Waals surface area contributed by atoms with Gasteiger partial charge in [0.25, 0.3) is 0 Å². The Labute approximate surface area is 238 Å². The van der Waals surface area contributed by atoms with Crippen molar-refractivity contribution in [3.05, 3.63) is 64.7 Å². The molecule has 8 heteroatoms. The monoisotopic (exact) mass is 560 g/mol. The highest BCUT2D eigenvalue weighted by Gasteiger charge is 2.80. The molecule has 216 valence electrons. The number of fused-ring (bicyclic) bond motifs is 3. The van der Waals surface area contributed by atoms with Crippen LogP contribution in [0.3, 0.4) is 0 Å². The Morgan fingerprint density at radius 3 is 2.15 bits per heavy atom. The number of carbonyl (C=O) groups is 5. The lowest BCUT2D eigenvalue weighted by Crippen LogP contribution is -2.82. The number of rotatable bonds is 4. The van der Waals surface area contributed by atoms with Crippen LogP contribution in [-0.2, 0) is 25.6 Å². The second-order valence-electron chi connectivity index (χ2n) is 12.9. The van der Waals surface area contributed by atoms with Gasteiger partial charge < -0.3 is 15.3 Å². The highest BCUT2D eigenvalue weighted by Crippen LogP contribution is 2.67. The zero-order valence-electron chi connectivity index (χ0n) is 24.1. The number of hydrogen-bond donors (Lipinski definition) is 3. The van der Waals surface area contributed by atoms with Crippen LogP contribution in [0, 0.1) is 41.4 Å². The van der Waals surface area contributed by atoms with Crippen molar-refractivity contribution in [2.45, 2.75) is 65.6 Å². The molecule has 0 amide bonds. The van der Waals surface area contributed by atoms with Crippen LogP contribution in [0.5, 0.6) is 5.75 Å². The minimum atomic E-state index is -2.98. The summed E-state index contributed by atoms with van der Waals surface area (Å²) in [4.78, 5) is 69.0. The van der Waals surface area contributed by atoms with Gasteiger partial charge in [-0.1, -0.05) is 69.7 Å². The lowest BCUT2D eigenvalue weighted by atomic mass is 9.37. The number of carbonyl (C=O) groups excluding carboxylic acids is 5. The number of benzene rings is 2. The molecule has 2 saturated carbocycles. The number of hydrogen-bond acceptors (Lipinski definition) is 8. The Kier molecular flexibility index (Phi) is 6.55. The van der Waals surface area contributed by atoms with Gasteiger partial charge in [0.15, 0.2) is 28.7 Å². The Balaban J connectivity index is 1.83. The van der Waals surface area contributed by atoms with Gasteiger partial charge in [-0.15, -0.1) is 0 Å². The van der Waals surface area contributed by atoms with Crippen LogP contribution in [0.25, 0.3) is 0 Å². The van der Waals surface area contributed by atoms with Gasteiger partial charge >= 0.3 is 0 Å². The molecule has 2 aromatic rings. The maximum atomic E-state index is 14.6. The standard InChI is InChI=1S/C33H36O8/c1-15(2)24-26(36)22(17(4)34)28(38)33(41)29(39)25-27(37)23-19(8-7-9-21(23)35)20(14-18-12-10-16(3)11-13-18)31(25,5)30(40)32(24,33)6/h7-13,15,20,22,24-25,30,35,40-41H,14H2,1-6H3/t20-,22?,24?,25?,30-,31+,32+,33+/m1/s1. The van der Waals surface area contributed by atoms with Crippen LogP contribution in [0.2, 0.25) is 0 Å². The summed E-state index contributed by atoms with van der Waals surface area (Å²) >= 11 is 0. The van der Waals surface area contributed by atoms with Crippen molar-refractivity contribution in [2.24, 2.45) is 34.5 Å². The van der Waals surface area contributed by atoms with Crippen LogP contribution < -0.4 is 0 Å². The van der Waals surface area contributed by atoms with Gasteiger partial charge in [-0.25, -0.2) is 0 Å². The molecule has 0 spiro atoms. The van der Waals surface area contributed by atoms with Crippen molar-refractivity contribution >= 4 is 28.9 Å². The van der Waals surface area contributed by atoms with Crippen LogP contribution in [0.15, 0.2) is 42.5 Å². The van der Waals surface area contributed by atoms with E-state index in [0.717, 1.165) is 18.1 Å². The van der Waals surface area contributed by atoms with Crippen LogP contribution in [0.4, 0.5) is 0 Å². The first-order valence-corrected chi connectivity index (χ1v) is 14.0. The summed E-state index contributed by atoms with van der Waals surface area (Å²) in [6, 6.07) is 12.2. The lowest BCUT2D eigenvalue weighted by Gasteiger charge is -2.65. The number of Topliss-reactive ketones (excluding diaryl/α,β-unsaturated/α-hetero) is 5. The van der Waals surface area contributed by atoms with E-state index in [2.05, 4.69) is 0 Å². The molecule has 3 N–H and O–H groups in total. The summed E-state index contributed by atoms with van der Waals surface area (Å²) in [7, 11) is 0. The van der Waals surface area contributed by atoms with E-state index in [9.17, 15) is 39.3 Å². The average Bonchev–Trinajstić information content (AvgIpc) is 2.89. The fourth-order valence-electron chi connectivity index (χ4n) is 8.44. The van der Waals surface area contributed by atoms with Gasteiger partial charge in [-0.05, 0) is 49.3 Å². The fourth-order valence-corrected chi connectivity index (χ4v) is 8.44. The molecule has 3 unspecified atom stereocenters. The topological polar surface area (TPSA) is 146 Å². The maximum Gasteiger partial charge on any atom is 0.191 e. The molecule has 0 heterocycles. The van der Waals surface area contributed by atoms with Gasteiger partial charge in [0.2, 0.25) is 0 Å². The summed E-state index contributed by atoms with van der Waals surface area (Å²) in [6.07, 6.45) is -1.44. The number of ketones is 5. The lowest BCUT2D eigenvalue weighted by molar-refractivity contribution is -0.241. The summed E-state index contributed by atoms with van der Waals surface area (Å²) < 4.78 is 0. The number of aromatic hydroxyl groups is 1. The average molecular weight is 561 g/mol. The second-order valence-corrected chi connectivity index (χ2v) is 12.9. The molecular weight excluding hydrogens is 524 g/mol. The first kappa shape index (κ1) is 29.0. The quantitative estimate of drug-likeness (QED) is 0.484. The molecule has 2 aromatic carbocycles. The van der Waals surface area contributed by atoms with Crippen LogP contribution >= 0.6 is 0 Å². The molecule has 8 atom stereocenters. The maximum absolute atomic E-state index is 14.6. The Morgan fingerprint density at radius 2 is 1.59 bits per heavy atom. The Hall–Kier alpha value is -3.49. The van der Waals surface area contributed by atoms with Crippen molar-refractivity contribution in [1.82, 2.24) is 0 Å². The number of phenolic OH excluding ortho intramolecular Hbond substituents is 1. The molecule has 3 aliphatic carbocycles. The molecule has 0 aromatic heterocycles. The molecule has 0 aliphatic heterocycles. The van der Waals surface area contributed by atoms with Crippen molar-refractivity contribution in [1.29, 1.82) is 0 Å². The smallest absolute Gasteiger partial charge is 0.191 e. The molecule has 2 fully saturated rings. The third kappa shape index (κ3) is 3.50. The third-order valence-electron chi connectivity index (χ3n) is 10.4. The predicted octanol–water partition coefficient (Wildman–Crippen LogP) is 3.16. The third-order valence-corrected chi connectivity index (χ3v) is 10.4. The first-order valence-electron chi connectivity index (χ1n) is 14.0. The second kappa shape index (κ2) is 9.26. The summed E-state index contributed by atoms with van der Waals surface area (Å²) in [5.74, 6) is -11.3. The van der Waals surface area contributed by atoms with E-state index in [1.807, 2.05) is 31.2 Å². The predicted molar refractivity (Wildman–Crippen MR) is 148 cm³/mol. The highest BCUT2D eigenvalue weighted by atomic mass is 16.3. The highest BCUT2D eigenvalue weighted by molar-refractivity contribution is 6.32. The number of phenols is 1. The number of aliphatic hydroxyl groups excluding tert-OH is 1. The fraction of sp³-hybridized carbons (Fsp3) is 0.485. The van der Waals surface area contributed by atoms with E-state index in [1.165, 1.54) is 13.0 Å². The largest absolute Gasteiger partial charge is 0.507 e. The molecule has 5 rings (SSSR count). The van der Waals surface area contributed by atoms with Crippen molar-refractivity contribution in [3.8, 4) is 5.75 Å². The van der Waals surface area contributed by atoms with Gasteiger partial charge in [0.05, 0.1) is 17.6 Å². The SMILES string of the molecule is CC(=O)C1C(=O)C(C(C)C)[C@@]2(C)[C@H](O)[C@]3(C)C(C(=O)c4c(O)cccc4[C@H]3Cc3ccc(C)cc3)C(=O)[C@@]2(O)C1=O. The normalized spacial score (nSPS) is 36.6. The van der Waals surface area contributed by atoms with Gasteiger partial charge in [0, 0.05) is 16.7 Å². The van der Waals surface area contributed by atoms with E-state index < -0.39 is 81.0 Å². The molecule has 41 heavy (non-hydrogen) atoms. The molecule has 0 bridgehead atoms. The Bertz CT molecular complexity index is 1510. The summed E-state index contributed by atoms with van der Waals surface area (Å²) in [6.45, 7) is 9.30. The first-order chi connectivity index (χ1) is 19.1. The minimum Gasteiger partial charge on any atom is -0.507 e. The molecule has 8 nitrogen and oxygen atoms in total. The van der Waals surface area contributed by atoms with Gasteiger partial charge in [0.1, 0.15) is 17.5 Å². The molecule has 0 saturated heterocycles. The van der Waals surface area contributed by atoms with Gasteiger partial charge in [-0.2, -0.15) is 0 Å². The summed E-state index contributed by atoms with van der Waals surface area (Å²) in [5, 5.41) is 35.5. The van der Waals surface area contributed by atoms with Crippen LogP contribution in [0.1, 0.15) is 67.6 Å². The van der Waals surface area contributed by atoms with E-state index in [1.54, 1.807) is 32.9 Å². The van der Waals surface area contributed by atoms with Gasteiger partial charge in [-0.3, -0.25) is 24.0 Å². The molecule has 0 radical (unpaired) electrons. The number of aryl methyl sites for hydroxylation is 1. The molecular formula is C33H36O8. The van der Waals surface area contributed by atoms with E-state index in [-0.39, 0.29) is 17.7 Å². The molecule has 3 aliphatic rings. The van der Waals surface area contributed by atoms with Crippen LogP contribution in [-0.4, -0.2) is 55.9 Å². The van der Waals surface area contributed by atoms with Crippen molar-refractivity contribution < 1.29 is 39.3 Å². The summed E-state index contributed by atoms with van der Waals surface area (Å²) in [5.41, 5.74) is -4.39. The van der Waals surface area contributed by atoms with E-state index >= 15 is 0 Å². The Morgan fingerprint density at radius 1 is 0.976 bits per heavy atom. The van der Waals surface area contributed by atoms with Crippen molar-refractivity contribution in [3.63, 3.8) is 0 Å². The zero-order chi connectivity index (χ0) is 30.4. The van der Waals surface area contributed by atoms with E-state index in [4.69, 9.17) is 0 Å². The minimum absolute atomic E-state index is 0.0947. The van der Waals surface area contributed by atoms with Crippen molar-refractivity contribution in [2.75, 3.05) is 0 Å².